The predicted octanol–water partition coefficient (Wildman–Crippen LogP) is 3.62. The van der Waals surface area contributed by atoms with E-state index in [0.29, 0.717) is 10.7 Å². The minimum atomic E-state index is 0.446. The molecule has 2 unspecified atom stereocenters. The van der Waals surface area contributed by atoms with Gasteiger partial charge in [-0.25, -0.2) is 9.97 Å². The quantitative estimate of drug-likeness (QED) is 0.781. The molecule has 1 rings (SSSR count). The Morgan fingerprint density at radius 3 is 2.53 bits per heavy atom. The summed E-state index contributed by atoms with van der Waals surface area (Å²) in [4.78, 5) is 9.40. The lowest BCUT2D eigenvalue weighted by atomic mass is 10.0. The second kappa shape index (κ2) is 5.59. The molecule has 2 nitrogen and oxygen atoms in total. The van der Waals surface area contributed by atoms with E-state index in [4.69, 9.17) is 0 Å². The second-order valence-corrected chi connectivity index (χ2v) is 5.07. The van der Waals surface area contributed by atoms with E-state index in [1.807, 2.05) is 6.92 Å². The molecular formula is C12H19BrN2. The fourth-order valence-electron chi connectivity index (χ4n) is 1.61. The lowest BCUT2D eigenvalue weighted by Gasteiger charge is -2.17. The molecule has 0 aliphatic rings. The Balaban J connectivity index is 2.97. The first kappa shape index (κ1) is 12.6. The van der Waals surface area contributed by atoms with Crippen molar-refractivity contribution in [2.45, 2.75) is 51.3 Å². The molecular weight excluding hydrogens is 252 g/mol. The van der Waals surface area contributed by atoms with Gasteiger partial charge in [0.25, 0.3) is 0 Å². The van der Waals surface area contributed by atoms with Crippen LogP contribution in [0.15, 0.2) is 6.07 Å². The monoisotopic (exact) mass is 270 g/mol. The van der Waals surface area contributed by atoms with E-state index in [9.17, 15) is 0 Å². The van der Waals surface area contributed by atoms with Gasteiger partial charge >= 0.3 is 0 Å². The third kappa shape index (κ3) is 3.26. The van der Waals surface area contributed by atoms with Crippen LogP contribution in [0.4, 0.5) is 0 Å². The summed E-state index contributed by atoms with van der Waals surface area (Å²) in [7, 11) is 0. The van der Waals surface area contributed by atoms with Crippen LogP contribution in [-0.4, -0.2) is 14.8 Å². The topological polar surface area (TPSA) is 25.8 Å². The molecule has 0 spiro atoms. The van der Waals surface area contributed by atoms with Crippen LogP contribution in [0.5, 0.6) is 0 Å². The van der Waals surface area contributed by atoms with Crippen LogP contribution in [0, 0.1) is 6.92 Å². The molecule has 0 aliphatic heterocycles. The van der Waals surface area contributed by atoms with Gasteiger partial charge in [-0.2, -0.15) is 0 Å². The number of alkyl halides is 1. The fraction of sp³-hybridized carbons (Fsp3) is 0.667. The molecule has 0 saturated heterocycles. The number of nitrogens with zero attached hydrogens (tertiary/aromatic N) is 2. The van der Waals surface area contributed by atoms with Gasteiger partial charge in [-0.3, -0.25) is 0 Å². The maximum absolute atomic E-state index is 4.51. The molecule has 2 atom stereocenters. The summed E-state index contributed by atoms with van der Waals surface area (Å²) in [5, 5.41) is 0. The minimum absolute atomic E-state index is 0.446. The van der Waals surface area contributed by atoms with Crippen LogP contribution in [0.1, 0.15) is 50.3 Å². The Bertz CT molecular complexity index is 325. The highest BCUT2D eigenvalue weighted by Gasteiger charge is 2.16. The van der Waals surface area contributed by atoms with Crippen molar-refractivity contribution in [2.24, 2.45) is 0 Å². The van der Waals surface area contributed by atoms with Crippen molar-refractivity contribution in [3.05, 3.63) is 23.3 Å². The maximum Gasteiger partial charge on any atom is 0.125 e. The summed E-state index contributed by atoms with van der Waals surface area (Å²) in [6.07, 6.45) is 2.09. The highest BCUT2D eigenvalue weighted by molar-refractivity contribution is 9.09. The van der Waals surface area contributed by atoms with E-state index < -0.39 is 0 Å². The molecule has 1 heterocycles. The number of aryl methyl sites for hydroxylation is 2. The Kier molecular flexibility index (Phi) is 4.71. The summed E-state index contributed by atoms with van der Waals surface area (Å²) < 4.78 is 0. The number of rotatable bonds is 4. The molecule has 0 aromatic carbocycles. The highest BCUT2D eigenvalue weighted by atomic mass is 79.9. The van der Waals surface area contributed by atoms with Gasteiger partial charge in [-0.15, -0.1) is 0 Å². The molecule has 3 heteroatoms. The molecule has 0 radical (unpaired) electrons. The van der Waals surface area contributed by atoms with Gasteiger partial charge in [-0.1, -0.05) is 36.7 Å². The molecule has 0 bridgehead atoms. The molecule has 0 aliphatic carbocycles. The average Bonchev–Trinajstić information content (AvgIpc) is 2.26. The van der Waals surface area contributed by atoms with Gasteiger partial charge in [-0.05, 0) is 25.8 Å². The SMILES string of the molecule is CCc1cc(C(C)C(Br)CC)nc(C)n1. The zero-order chi connectivity index (χ0) is 11.4. The summed E-state index contributed by atoms with van der Waals surface area (Å²) >= 11 is 3.69. The van der Waals surface area contributed by atoms with E-state index in [1.54, 1.807) is 0 Å². The van der Waals surface area contributed by atoms with Crippen molar-refractivity contribution >= 4 is 15.9 Å². The Labute approximate surface area is 101 Å². The van der Waals surface area contributed by atoms with E-state index in [2.05, 4.69) is 52.7 Å². The predicted molar refractivity (Wildman–Crippen MR) is 67.6 cm³/mol. The molecule has 1 aromatic heterocycles. The zero-order valence-electron chi connectivity index (χ0n) is 9.92. The van der Waals surface area contributed by atoms with Crippen molar-refractivity contribution in [3.63, 3.8) is 0 Å². The van der Waals surface area contributed by atoms with Crippen LogP contribution in [-0.2, 0) is 6.42 Å². The molecule has 0 N–H and O–H groups in total. The largest absolute Gasteiger partial charge is 0.238 e. The van der Waals surface area contributed by atoms with E-state index >= 15 is 0 Å². The summed E-state index contributed by atoms with van der Waals surface area (Å²) in [6.45, 7) is 8.49. The summed E-state index contributed by atoms with van der Waals surface area (Å²) in [6, 6.07) is 2.13. The van der Waals surface area contributed by atoms with Gasteiger partial charge in [0.15, 0.2) is 0 Å². The molecule has 0 amide bonds. The average molecular weight is 271 g/mol. The number of hydrogen-bond donors (Lipinski definition) is 0. The van der Waals surface area contributed by atoms with E-state index in [-0.39, 0.29) is 0 Å². The first-order chi connectivity index (χ1) is 7.08. The van der Waals surface area contributed by atoms with Gasteiger partial charge in [0.1, 0.15) is 5.82 Å². The second-order valence-electron chi connectivity index (χ2n) is 3.90. The number of aromatic nitrogens is 2. The fourth-order valence-corrected chi connectivity index (χ4v) is 1.88. The smallest absolute Gasteiger partial charge is 0.125 e. The van der Waals surface area contributed by atoms with Crippen LogP contribution in [0.25, 0.3) is 0 Å². The van der Waals surface area contributed by atoms with E-state index in [0.717, 1.165) is 30.1 Å². The van der Waals surface area contributed by atoms with Crippen molar-refractivity contribution in [1.29, 1.82) is 0 Å². The molecule has 84 valence electrons. The maximum atomic E-state index is 4.51. The Morgan fingerprint density at radius 1 is 1.33 bits per heavy atom. The molecule has 1 aromatic rings. The lowest BCUT2D eigenvalue weighted by Crippen LogP contribution is -2.11. The molecule has 15 heavy (non-hydrogen) atoms. The lowest BCUT2D eigenvalue weighted by molar-refractivity contribution is 0.665. The van der Waals surface area contributed by atoms with Gasteiger partial charge < -0.3 is 0 Å². The minimum Gasteiger partial charge on any atom is -0.238 e. The zero-order valence-corrected chi connectivity index (χ0v) is 11.5. The molecule has 0 saturated carbocycles. The van der Waals surface area contributed by atoms with Crippen molar-refractivity contribution in [1.82, 2.24) is 9.97 Å². The summed E-state index contributed by atoms with van der Waals surface area (Å²) in [5.74, 6) is 1.33. The van der Waals surface area contributed by atoms with Crippen molar-refractivity contribution in [3.8, 4) is 0 Å². The van der Waals surface area contributed by atoms with Crippen LogP contribution >= 0.6 is 15.9 Å². The van der Waals surface area contributed by atoms with Gasteiger partial charge in [0.05, 0.1) is 0 Å². The third-order valence-electron chi connectivity index (χ3n) is 2.67. The highest BCUT2D eigenvalue weighted by Crippen LogP contribution is 2.25. The summed E-state index contributed by atoms with van der Waals surface area (Å²) in [5.41, 5.74) is 2.29. The van der Waals surface area contributed by atoms with Gasteiger partial charge in [0.2, 0.25) is 0 Å². The van der Waals surface area contributed by atoms with Crippen LogP contribution in [0.2, 0.25) is 0 Å². The van der Waals surface area contributed by atoms with Gasteiger partial charge in [0, 0.05) is 22.1 Å². The number of hydrogen-bond acceptors (Lipinski definition) is 2. The van der Waals surface area contributed by atoms with Crippen LogP contribution in [0.3, 0.4) is 0 Å². The molecule has 0 fully saturated rings. The number of halogens is 1. The first-order valence-corrected chi connectivity index (χ1v) is 6.48. The first-order valence-electron chi connectivity index (χ1n) is 5.57. The Morgan fingerprint density at radius 2 is 2.00 bits per heavy atom. The van der Waals surface area contributed by atoms with Crippen molar-refractivity contribution in [2.75, 3.05) is 0 Å². The van der Waals surface area contributed by atoms with Crippen molar-refractivity contribution < 1.29 is 0 Å². The normalized spacial score (nSPS) is 15.0. The standard InChI is InChI=1S/C12H19BrN2/c1-5-10-7-12(15-9(4)14-10)8(3)11(13)6-2/h7-8,11H,5-6H2,1-4H3. The Hall–Kier alpha value is -0.440. The third-order valence-corrected chi connectivity index (χ3v) is 4.11. The van der Waals surface area contributed by atoms with Crippen LogP contribution < -0.4 is 0 Å². The van der Waals surface area contributed by atoms with E-state index in [1.165, 1.54) is 0 Å².